The number of thiazole rings is 1. The monoisotopic (exact) mass is 474 g/mol. The molecule has 0 atom stereocenters. The fourth-order valence-electron chi connectivity index (χ4n) is 3.17. The van der Waals surface area contributed by atoms with Crippen LogP contribution >= 0.6 is 11.3 Å². The Morgan fingerprint density at radius 3 is 2.35 bits per heavy atom. The molecule has 0 fully saturated rings. The summed E-state index contributed by atoms with van der Waals surface area (Å²) in [5.41, 5.74) is 3.78. The van der Waals surface area contributed by atoms with Gasteiger partial charge in [-0.3, -0.25) is 9.59 Å². The minimum absolute atomic E-state index is 0.179. The molecule has 0 spiro atoms. The van der Waals surface area contributed by atoms with Crippen LogP contribution in [0, 0.1) is 6.92 Å². The largest absolute Gasteiger partial charge is 0.359 e. The van der Waals surface area contributed by atoms with Crippen molar-refractivity contribution in [2.24, 2.45) is 0 Å². The highest BCUT2D eigenvalue weighted by atomic mass is 32.1. The van der Waals surface area contributed by atoms with Crippen LogP contribution in [0.5, 0.6) is 0 Å². The summed E-state index contributed by atoms with van der Waals surface area (Å²) in [7, 11) is 0. The molecule has 4 aromatic rings. The molecule has 2 aromatic heterocycles. The number of rotatable bonds is 6. The Morgan fingerprint density at radius 1 is 1.00 bits per heavy atom. The predicted octanol–water partition coefficient (Wildman–Crippen LogP) is 5.84. The maximum Gasteiger partial charge on any atom is 0.275 e. The molecule has 2 heterocycles. The summed E-state index contributed by atoms with van der Waals surface area (Å²) in [5, 5.41) is 12.1. The zero-order valence-electron chi connectivity index (χ0n) is 19.5. The van der Waals surface area contributed by atoms with Crippen LogP contribution in [0.2, 0.25) is 0 Å². The molecule has 0 saturated carbocycles. The van der Waals surface area contributed by atoms with E-state index in [9.17, 15) is 9.59 Å². The first-order valence-corrected chi connectivity index (χ1v) is 11.8. The lowest BCUT2D eigenvalue weighted by molar-refractivity contribution is -0.115. The van der Waals surface area contributed by atoms with Gasteiger partial charge in [-0.25, -0.2) is 4.98 Å². The van der Waals surface area contributed by atoms with Crippen molar-refractivity contribution in [3.8, 4) is 10.6 Å². The Morgan fingerprint density at radius 2 is 1.71 bits per heavy atom. The molecule has 7 nitrogen and oxygen atoms in total. The number of benzene rings is 2. The first-order chi connectivity index (χ1) is 16.2. The SMILES string of the molecule is Cc1ccc(-c2nc(C(=O)Nc3ccc(CC(=O)Nc4cc(C(C)(C)C)on4)cc3)cs2)cc1. The Labute approximate surface area is 202 Å². The van der Waals surface area contributed by atoms with E-state index in [2.05, 4.69) is 20.8 Å². The summed E-state index contributed by atoms with van der Waals surface area (Å²) in [6, 6.07) is 16.9. The molecular weight excluding hydrogens is 448 g/mol. The first kappa shape index (κ1) is 23.4. The van der Waals surface area contributed by atoms with Crippen molar-refractivity contribution in [3.63, 3.8) is 0 Å². The molecule has 4 rings (SSSR count). The third kappa shape index (κ3) is 5.77. The van der Waals surface area contributed by atoms with Gasteiger partial charge < -0.3 is 15.2 Å². The number of hydrogen-bond acceptors (Lipinski definition) is 6. The molecule has 0 saturated heterocycles. The number of aromatic nitrogens is 2. The smallest absolute Gasteiger partial charge is 0.275 e. The van der Waals surface area contributed by atoms with Crippen molar-refractivity contribution in [1.29, 1.82) is 0 Å². The van der Waals surface area contributed by atoms with Gasteiger partial charge in [0.05, 0.1) is 6.42 Å². The molecule has 2 N–H and O–H groups in total. The van der Waals surface area contributed by atoms with E-state index in [1.165, 1.54) is 16.9 Å². The molecular formula is C26H26N4O3S. The average molecular weight is 475 g/mol. The molecule has 2 amide bonds. The van der Waals surface area contributed by atoms with Gasteiger partial charge >= 0.3 is 0 Å². The predicted molar refractivity (Wildman–Crippen MR) is 134 cm³/mol. The number of carbonyl (C=O) groups is 2. The Kier molecular flexibility index (Phi) is 6.61. The van der Waals surface area contributed by atoms with Gasteiger partial charge in [-0.15, -0.1) is 11.3 Å². The second kappa shape index (κ2) is 9.61. The number of hydrogen-bond donors (Lipinski definition) is 2. The Hall–Kier alpha value is -3.78. The first-order valence-electron chi connectivity index (χ1n) is 10.9. The molecule has 8 heteroatoms. The minimum Gasteiger partial charge on any atom is -0.359 e. The lowest BCUT2D eigenvalue weighted by atomic mass is 9.93. The molecule has 0 aliphatic rings. The van der Waals surface area contributed by atoms with Gasteiger partial charge in [0, 0.05) is 28.1 Å². The number of aryl methyl sites for hydroxylation is 1. The van der Waals surface area contributed by atoms with E-state index in [1.54, 1.807) is 35.7 Å². The van der Waals surface area contributed by atoms with Crippen LogP contribution in [-0.4, -0.2) is 22.0 Å². The standard InChI is InChI=1S/C26H26N4O3S/c1-16-5-9-18(10-6-16)25-28-20(15-34-25)24(32)27-19-11-7-17(8-12-19)13-23(31)29-22-14-21(33-30-22)26(2,3)4/h5-12,14-15H,13H2,1-4H3,(H,27,32)(H,29,30,31). The second-order valence-corrected chi connectivity index (χ2v) is 9.96. The second-order valence-electron chi connectivity index (χ2n) is 9.11. The highest BCUT2D eigenvalue weighted by molar-refractivity contribution is 7.13. The lowest BCUT2D eigenvalue weighted by Crippen LogP contribution is -2.15. The van der Waals surface area contributed by atoms with E-state index in [-0.39, 0.29) is 23.7 Å². The van der Waals surface area contributed by atoms with Crippen molar-refractivity contribution in [1.82, 2.24) is 10.1 Å². The van der Waals surface area contributed by atoms with Gasteiger partial charge in [-0.1, -0.05) is 67.9 Å². The Balaban J connectivity index is 1.33. The van der Waals surface area contributed by atoms with Gasteiger partial charge in [0.1, 0.15) is 16.5 Å². The molecule has 0 unspecified atom stereocenters. The van der Waals surface area contributed by atoms with Crippen LogP contribution in [0.1, 0.15) is 48.1 Å². The summed E-state index contributed by atoms with van der Waals surface area (Å²) in [4.78, 5) is 29.4. The summed E-state index contributed by atoms with van der Waals surface area (Å²) < 4.78 is 5.29. The highest BCUT2D eigenvalue weighted by Gasteiger charge is 2.20. The molecule has 0 bridgehead atoms. The van der Waals surface area contributed by atoms with Crippen LogP contribution in [0.15, 0.2) is 64.5 Å². The van der Waals surface area contributed by atoms with Crippen LogP contribution in [-0.2, 0) is 16.6 Å². The average Bonchev–Trinajstić information content (AvgIpc) is 3.46. The molecule has 0 aliphatic heterocycles. The minimum atomic E-state index is -0.277. The van der Waals surface area contributed by atoms with E-state index in [1.807, 2.05) is 52.0 Å². The van der Waals surface area contributed by atoms with Gasteiger partial charge in [-0.2, -0.15) is 0 Å². The van der Waals surface area contributed by atoms with E-state index in [4.69, 9.17) is 4.52 Å². The number of anilines is 2. The summed E-state index contributed by atoms with van der Waals surface area (Å²) in [5.74, 6) is 0.624. The van der Waals surface area contributed by atoms with Crippen molar-refractivity contribution in [2.45, 2.75) is 39.5 Å². The number of carbonyl (C=O) groups excluding carboxylic acids is 2. The summed E-state index contributed by atoms with van der Waals surface area (Å²) >= 11 is 1.43. The van der Waals surface area contributed by atoms with Crippen LogP contribution in [0.3, 0.4) is 0 Å². The van der Waals surface area contributed by atoms with E-state index in [0.717, 1.165) is 16.1 Å². The fraction of sp³-hybridized carbons (Fsp3) is 0.231. The van der Waals surface area contributed by atoms with Crippen LogP contribution in [0.25, 0.3) is 10.6 Å². The third-order valence-corrected chi connectivity index (χ3v) is 6.02. The number of nitrogens with one attached hydrogen (secondary N) is 2. The lowest BCUT2D eigenvalue weighted by Gasteiger charge is -2.12. The van der Waals surface area contributed by atoms with Crippen molar-refractivity contribution >= 4 is 34.7 Å². The quantitative estimate of drug-likeness (QED) is 0.366. The maximum absolute atomic E-state index is 12.6. The molecule has 0 aliphatic carbocycles. The molecule has 174 valence electrons. The Bertz CT molecular complexity index is 1300. The van der Waals surface area contributed by atoms with Gasteiger partial charge in [0.15, 0.2) is 5.82 Å². The van der Waals surface area contributed by atoms with Crippen molar-refractivity contribution < 1.29 is 14.1 Å². The van der Waals surface area contributed by atoms with E-state index < -0.39 is 0 Å². The summed E-state index contributed by atoms with van der Waals surface area (Å²) in [6.07, 6.45) is 0.179. The van der Waals surface area contributed by atoms with Gasteiger partial charge in [0.2, 0.25) is 5.91 Å². The van der Waals surface area contributed by atoms with Crippen LogP contribution in [0.4, 0.5) is 11.5 Å². The van der Waals surface area contributed by atoms with E-state index in [0.29, 0.717) is 23.0 Å². The fourth-order valence-corrected chi connectivity index (χ4v) is 3.97. The third-order valence-electron chi connectivity index (χ3n) is 5.13. The van der Waals surface area contributed by atoms with Gasteiger partial charge in [-0.05, 0) is 24.6 Å². The zero-order chi connectivity index (χ0) is 24.3. The van der Waals surface area contributed by atoms with Crippen molar-refractivity contribution in [3.05, 3.63) is 82.6 Å². The number of nitrogens with zero attached hydrogens (tertiary/aromatic N) is 2. The molecule has 34 heavy (non-hydrogen) atoms. The number of amides is 2. The zero-order valence-corrected chi connectivity index (χ0v) is 20.3. The highest BCUT2D eigenvalue weighted by Crippen LogP contribution is 2.25. The maximum atomic E-state index is 12.6. The summed E-state index contributed by atoms with van der Waals surface area (Å²) in [6.45, 7) is 8.06. The van der Waals surface area contributed by atoms with Gasteiger partial charge in [0.25, 0.3) is 5.91 Å². The van der Waals surface area contributed by atoms with E-state index >= 15 is 0 Å². The molecule has 2 aromatic carbocycles. The normalized spacial score (nSPS) is 11.3. The molecule has 0 radical (unpaired) electrons. The van der Waals surface area contributed by atoms with Crippen molar-refractivity contribution in [2.75, 3.05) is 10.6 Å². The topological polar surface area (TPSA) is 97.1 Å². The van der Waals surface area contributed by atoms with Crippen LogP contribution < -0.4 is 10.6 Å².